The standard InChI is InChI=1S/C16H10ClFN2O2/c17-9-3-1-8(2-4-9)15-14(19)13(16(21)22)11-7-10(18)5-6-12(11)20-15/h1-7H,19H2,(H,21,22). The molecule has 0 bridgehead atoms. The van der Waals surface area contributed by atoms with Crippen LogP contribution in [0.25, 0.3) is 22.2 Å². The van der Waals surface area contributed by atoms with Gasteiger partial charge in [0.2, 0.25) is 0 Å². The minimum absolute atomic E-state index is 0.00655. The quantitative estimate of drug-likeness (QED) is 0.750. The number of nitrogens with zero attached hydrogens (tertiary/aromatic N) is 1. The number of hydrogen-bond donors (Lipinski definition) is 2. The third-order valence-electron chi connectivity index (χ3n) is 3.32. The summed E-state index contributed by atoms with van der Waals surface area (Å²) in [6.45, 7) is 0. The summed E-state index contributed by atoms with van der Waals surface area (Å²) in [4.78, 5) is 15.9. The second kappa shape index (κ2) is 5.27. The van der Waals surface area contributed by atoms with E-state index in [1.807, 2.05) is 0 Å². The number of aromatic nitrogens is 1. The van der Waals surface area contributed by atoms with Gasteiger partial charge >= 0.3 is 5.97 Å². The number of aromatic carboxylic acids is 1. The van der Waals surface area contributed by atoms with Crippen LogP contribution in [0, 0.1) is 5.82 Å². The summed E-state index contributed by atoms with van der Waals surface area (Å²) >= 11 is 5.85. The highest BCUT2D eigenvalue weighted by Gasteiger charge is 2.19. The fourth-order valence-electron chi connectivity index (χ4n) is 2.31. The van der Waals surface area contributed by atoms with Crippen molar-refractivity contribution in [3.05, 3.63) is 58.9 Å². The Morgan fingerprint density at radius 2 is 1.86 bits per heavy atom. The Hall–Kier alpha value is -2.66. The van der Waals surface area contributed by atoms with Crippen LogP contribution in [0.4, 0.5) is 10.1 Å². The Morgan fingerprint density at radius 3 is 2.50 bits per heavy atom. The summed E-state index contributed by atoms with van der Waals surface area (Å²) in [5.41, 5.74) is 7.13. The predicted molar refractivity (Wildman–Crippen MR) is 83.5 cm³/mol. The van der Waals surface area contributed by atoms with E-state index in [0.29, 0.717) is 21.8 Å². The molecule has 3 rings (SSSR count). The molecule has 0 fully saturated rings. The topological polar surface area (TPSA) is 76.2 Å². The van der Waals surface area contributed by atoms with Gasteiger partial charge in [-0.15, -0.1) is 0 Å². The van der Waals surface area contributed by atoms with Crippen LogP contribution in [0.1, 0.15) is 10.4 Å². The molecule has 2 aromatic carbocycles. The van der Waals surface area contributed by atoms with Crippen LogP contribution in [0.3, 0.4) is 0 Å². The molecule has 4 nitrogen and oxygen atoms in total. The maximum atomic E-state index is 13.4. The normalized spacial score (nSPS) is 10.8. The molecule has 3 N–H and O–H groups in total. The first-order valence-electron chi connectivity index (χ1n) is 6.35. The van der Waals surface area contributed by atoms with E-state index >= 15 is 0 Å². The molecule has 0 amide bonds. The van der Waals surface area contributed by atoms with Crippen molar-refractivity contribution in [3.63, 3.8) is 0 Å². The zero-order valence-corrected chi connectivity index (χ0v) is 11.9. The Balaban J connectivity index is 2.37. The summed E-state index contributed by atoms with van der Waals surface area (Å²) in [5, 5.41) is 10.1. The van der Waals surface area contributed by atoms with Crippen molar-refractivity contribution in [1.29, 1.82) is 0 Å². The van der Waals surface area contributed by atoms with E-state index < -0.39 is 11.8 Å². The largest absolute Gasteiger partial charge is 0.478 e. The number of pyridine rings is 1. The Labute approximate surface area is 130 Å². The lowest BCUT2D eigenvalue weighted by atomic mass is 10.0. The van der Waals surface area contributed by atoms with Crippen LogP contribution in [0.5, 0.6) is 0 Å². The summed E-state index contributed by atoms with van der Waals surface area (Å²) in [7, 11) is 0. The van der Waals surface area contributed by atoms with Crippen LogP contribution in [0.2, 0.25) is 5.02 Å². The number of anilines is 1. The van der Waals surface area contributed by atoms with Crippen molar-refractivity contribution in [2.45, 2.75) is 0 Å². The van der Waals surface area contributed by atoms with Crippen LogP contribution < -0.4 is 5.73 Å². The number of nitrogens with two attached hydrogens (primary N) is 1. The second-order valence-electron chi connectivity index (χ2n) is 4.72. The number of rotatable bonds is 2. The fraction of sp³-hybridized carbons (Fsp3) is 0. The van der Waals surface area contributed by atoms with E-state index in [9.17, 15) is 14.3 Å². The molecule has 0 radical (unpaired) electrons. The molecular formula is C16H10ClFN2O2. The molecule has 6 heteroatoms. The second-order valence-corrected chi connectivity index (χ2v) is 5.16. The Bertz CT molecular complexity index is 895. The van der Waals surface area contributed by atoms with Gasteiger partial charge in [0.05, 0.1) is 22.5 Å². The molecule has 0 unspecified atom stereocenters. The van der Waals surface area contributed by atoms with E-state index in [4.69, 9.17) is 17.3 Å². The molecular weight excluding hydrogens is 307 g/mol. The van der Waals surface area contributed by atoms with Gasteiger partial charge in [0.1, 0.15) is 5.82 Å². The smallest absolute Gasteiger partial charge is 0.338 e. The number of nitrogen functional groups attached to an aromatic ring is 1. The molecule has 0 aliphatic heterocycles. The lowest BCUT2D eigenvalue weighted by Crippen LogP contribution is -2.07. The molecule has 0 aliphatic carbocycles. The predicted octanol–water partition coefficient (Wildman–Crippen LogP) is 3.97. The molecule has 0 saturated heterocycles. The van der Waals surface area contributed by atoms with Gasteiger partial charge in [0.15, 0.2) is 0 Å². The van der Waals surface area contributed by atoms with Crippen molar-refractivity contribution in [3.8, 4) is 11.3 Å². The van der Waals surface area contributed by atoms with Gasteiger partial charge in [-0.05, 0) is 30.3 Å². The molecule has 0 atom stereocenters. The van der Waals surface area contributed by atoms with Gasteiger partial charge < -0.3 is 10.8 Å². The fourth-order valence-corrected chi connectivity index (χ4v) is 2.43. The van der Waals surface area contributed by atoms with Gasteiger partial charge in [-0.1, -0.05) is 23.7 Å². The lowest BCUT2D eigenvalue weighted by Gasteiger charge is -2.12. The molecule has 1 heterocycles. The summed E-state index contributed by atoms with van der Waals surface area (Å²) < 4.78 is 13.4. The van der Waals surface area contributed by atoms with Crippen LogP contribution in [-0.4, -0.2) is 16.1 Å². The van der Waals surface area contributed by atoms with Crippen molar-refractivity contribution in [2.75, 3.05) is 5.73 Å². The first kappa shape index (κ1) is 14.3. The molecule has 22 heavy (non-hydrogen) atoms. The minimum Gasteiger partial charge on any atom is -0.478 e. The third-order valence-corrected chi connectivity index (χ3v) is 3.57. The zero-order chi connectivity index (χ0) is 15.9. The van der Waals surface area contributed by atoms with Crippen molar-refractivity contribution < 1.29 is 14.3 Å². The molecule has 3 aromatic rings. The summed E-state index contributed by atoms with van der Waals surface area (Å²) in [6.07, 6.45) is 0. The number of carbonyl (C=O) groups is 1. The molecule has 1 aromatic heterocycles. The maximum Gasteiger partial charge on any atom is 0.338 e. The van der Waals surface area contributed by atoms with Gasteiger partial charge in [0, 0.05) is 16.0 Å². The average molecular weight is 317 g/mol. The van der Waals surface area contributed by atoms with E-state index in [0.717, 1.165) is 6.07 Å². The van der Waals surface area contributed by atoms with E-state index in [-0.39, 0.29) is 16.6 Å². The van der Waals surface area contributed by atoms with Crippen LogP contribution >= 0.6 is 11.6 Å². The van der Waals surface area contributed by atoms with Crippen molar-refractivity contribution >= 4 is 34.2 Å². The summed E-state index contributed by atoms with van der Waals surface area (Å²) in [5.74, 6) is -1.78. The molecule has 0 saturated carbocycles. The number of halogens is 2. The van der Waals surface area contributed by atoms with E-state index in [1.165, 1.54) is 12.1 Å². The highest BCUT2D eigenvalue weighted by atomic mass is 35.5. The number of carboxylic acid groups (broad SMARTS) is 1. The number of fused-ring (bicyclic) bond motifs is 1. The van der Waals surface area contributed by atoms with Gasteiger partial charge in [-0.25, -0.2) is 14.2 Å². The summed E-state index contributed by atoms with van der Waals surface area (Å²) in [6, 6.07) is 10.5. The Kier molecular flexibility index (Phi) is 3.42. The number of benzene rings is 2. The van der Waals surface area contributed by atoms with E-state index in [2.05, 4.69) is 4.98 Å². The van der Waals surface area contributed by atoms with E-state index in [1.54, 1.807) is 24.3 Å². The minimum atomic E-state index is -1.23. The monoisotopic (exact) mass is 316 g/mol. The zero-order valence-electron chi connectivity index (χ0n) is 11.2. The lowest BCUT2D eigenvalue weighted by molar-refractivity contribution is 0.0700. The molecule has 110 valence electrons. The first-order valence-corrected chi connectivity index (χ1v) is 6.73. The van der Waals surface area contributed by atoms with Crippen LogP contribution in [0.15, 0.2) is 42.5 Å². The Morgan fingerprint density at radius 1 is 1.18 bits per heavy atom. The highest BCUT2D eigenvalue weighted by Crippen LogP contribution is 2.33. The first-order chi connectivity index (χ1) is 10.5. The van der Waals surface area contributed by atoms with Crippen molar-refractivity contribution in [1.82, 2.24) is 4.98 Å². The van der Waals surface area contributed by atoms with Crippen LogP contribution in [-0.2, 0) is 0 Å². The molecule has 0 spiro atoms. The van der Waals surface area contributed by atoms with Gasteiger partial charge in [-0.3, -0.25) is 0 Å². The molecule has 0 aliphatic rings. The third kappa shape index (κ3) is 2.35. The number of hydrogen-bond acceptors (Lipinski definition) is 3. The SMILES string of the molecule is Nc1c(-c2ccc(Cl)cc2)nc2ccc(F)cc2c1C(=O)O. The van der Waals surface area contributed by atoms with Gasteiger partial charge in [-0.2, -0.15) is 0 Å². The average Bonchev–Trinajstić information content (AvgIpc) is 2.47. The highest BCUT2D eigenvalue weighted by molar-refractivity contribution is 6.30. The number of carboxylic acids is 1. The van der Waals surface area contributed by atoms with Crippen molar-refractivity contribution in [2.24, 2.45) is 0 Å². The van der Waals surface area contributed by atoms with Gasteiger partial charge in [0.25, 0.3) is 0 Å². The maximum absolute atomic E-state index is 13.4.